The Balaban J connectivity index is 1.42. The van der Waals surface area contributed by atoms with Crippen molar-refractivity contribution in [2.45, 2.75) is 57.4 Å². The van der Waals surface area contributed by atoms with E-state index >= 15 is 0 Å². The molecule has 1 atom stereocenters. The number of nitro groups is 1. The van der Waals surface area contributed by atoms with Crippen LogP contribution in [0, 0.1) is 33.3 Å². The fourth-order valence-electron chi connectivity index (χ4n) is 7.08. The first kappa shape index (κ1) is 19.5. The summed E-state index contributed by atoms with van der Waals surface area (Å²) >= 11 is 0. The van der Waals surface area contributed by atoms with Gasteiger partial charge in [-0.1, -0.05) is 0 Å². The minimum Gasteiger partial charge on any atom is -0.341 e. The lowest BCUT2D eigenvalue weighted by molar-refractivity contribution is -0.384. The monoisotopic (exact) mass is 411 g/mol. The van der Waals surface area contributed by atoms with E-state index in [0.29, 0.717) is 23.3 Å². The number of amides is 2. The van der Waals surface area contributed by atoms with E-state index in [1.807, 2.05) is 4.90 Å². The number of likely N-dealkylation sites (tertiary alicyclic amines) is 1. The molecule has 5 fully saturated rings. The molecule has 1 N–H and O–H groups in total. The maximum absolute atomic E-state index is 13.6. The summed E-state index contributed by atoms with van der Waals surface area (Å²) in [6.45, 7) is 1.55. The van der Waals surface area contributed by atoms with Gasteiger partial charge in [0.1, 0.15) is 6.04 Å². The quantitative estimate of drug-likeness (QED) is 0.593. The summed E-state index contributed by atoms with van der Waals surface area (Å²) in [4.78, 5) is 39.1. The number of benzene rings is 1. The van der Waals surface area contributed by atoms with Gasteiger partial charge >= 0.3 is 0 Å². The number of non-ortho nitro benzene ring substituents is 1. The Hall–Kier alpha value is -2.44. The first-order valence-corrected chi connectivity index (χ1v) is 11.3. The van der Waals surface area contributed by atoms with E-state index in [4.69, 9.17) is 0 Å². The zero-order chi connectivity index (χ0) is 20.9. The van der Waals surface area contributed by atoms with Gasteiger partial charge in [-0.05, 0) is 81.3 Å². The minimum atomic E-state index is -0.494. The fourth-order valence-corrected chi connectivity index (χ4v) is 7.08. The molecule has 6 rings (SSSR count). The molecule has 1 aromatic carbocycles. The lowest BCUT2D eigenvalue weighted by atomic mass is 9.47. The smallest absolute Gasteiger partial charge is 0.269 e. The third-order valence-corrected chi connectivity index (χ3v) is 7.98. The van der Waals surface area contributed by atoms with Crippen molar-refractivity contribution in [3.8, 4) is 0 Å². The SMILES string of the molecule is O=C(N[C@H](C(=O)N1CCCC1)C12CC3CC(CC(C3)C1)C2)c1ccc([N+](=O)[O-])cc1. The highest BCUT2D eigenvalue weighted by atomic mass is 16.6. The van der Waals surface area contributed by atoms with Crippen LogP contribution in [0.4, 0.5) is 5.69 Å². The lowest BCUT2D eigenvalue weighted by Crippen LogP contribution is -2.62. The van der Waals surface area contributed by atoms with Gasteiger partial charge in [0.05, 0.1) is 4.92 Å². The molecular formula is C23H29N3O4. The van der Waals surface area contributed by atoms with E-state index in [0.717, 1.165) is 45.2 Å². The zero-order valence-corrected chi connectivity index (χ0v) is 17.2. The molecule has 1 aliphatic heterocycles. The van der Waals surface area contributed by atoms with Crippen molar-refractivity contribution in [1.82, 2.24) is 10.2 Å². The van der Waals surface area contributed by atoms with Crippen LogP contribution in [0.1, 0.15) is 61.7 Å². The van der Waals surface area contributed by atoms with E-state index in [-0.39, 0.29) is 22.9 Å². The van der Waals surface area contributed by atoms with Crippen molar-refractivity contribution >= 4 is 17.5 Å². The van der Waals surface area contributed by atoms with Gasteiger partial charge in [0.25, 0.3) is 11.6 Å². The van der Waals surface area contributed by atoms with Crippen LogP contribution in [0.3, 0.4) is 0 Å². The largest absolute Gasteiger partial charge is 0.341 e. The molecule has 0 unspecified atom stereocenters. The van der Waals surface area contributed by atoms with Gasteiger partial charge in [0.15, 0.2) is 0 Å². The van der Waals surface area contributed by atoms with Crippen LogP contribution in [0.2, 0.25) is 0 Å². The van der Waals surface area contributed by atoms with Crippen molar-refractivity contribution in [3.63, 3.8) is 0 Å². The minimum absolute atomic E-state index is 0.0441. The second kappa shape index (κ2) is 7.36. The molecule has 0 radical (unpaired) electrons. The Bertz CT molecular complexity index is 824. The molecule has 1 saturated heterocycles. The maximum atomic E-state index is 13.6. The highest BCUT2D eigenvalue weighted by Crippen LogP contribution is 2.61. The van der Waals surface area contributed by atoms with Crippen LogP contribution in [0.5, 0.6) is 0 Å². The number of hydrogen-bond acceptors (Lipinski definition) is 4. The van der Waals surface area contributed by atoms with Crippen LogP contribution in [0.15, 0.2) is 24.3 Å². The molecule has 4 bridgehead atoms. The molecule has 2 amide bonds. The average Bonchev–Trinajstić information content (AvgIpc) is 3.25. The van der Waals surface area contributed by atoms with Gasteiger partial charge in [-0.15, -0.1) is 0 Å². The van der Waals surface area contributed by atoms with E-state index in [2.05, 4.69) is 5.32 Å². The van der Waals surface area contributed by atoms with E-state index in [9.17, 15) is 19.7 Å². The normalized spacial score (nSPS) is 32.8. The van der Waals surface area contributed by atoms with Crippen molar-refractivity contribution in [2.75, 3.05) is 13.1 Å². The summed E-state index contributed by atoms with van der Waals surface area (Å²) < 4.78 is 0. The van der Waals surface area contributed by atoms with Crippen LogP contribution in [0.25, 0.3) is 0 Å². The topological polar surface area (TPSA) is 92.6 Å². The van der Waals surface area contributed by atoms with Crippen molar-refractivity contribution in [1.29, 1.82) is 0 Å². The Morgan fingerprint density at radius 1 is 1.00 bits per heavy atom. The van der Waals surface area contributed by atoms with Gasteiger partial charge in [-0.2, -0.15) is 0 Å². The summed E-state index contributed by atoms with van der Waals surface area (Å²) in [6, 6.07) is 5.15. The van der Waals surface area contributed by atoms with Gasteiger partial charge in [-0.25, -0.2) is 0 Å². The number of rotatable bonds is 5. The Labute approximate surface area is 176 Å². The second-order valence-electron chi connectivity index (χ2n) is 10.0. The first-order chi connectivity index (χ1) is 14.4. The van der Waals surface area contributed by atoms with Crippen LogP contribution < -0.4 is 5.32 Å². The number of carbonyl (C=O) groups is 2. The van der Waals surface area contributed by atoms with Crippen LogP contribution in [-0.2, 0) is 4.79 Å². The summed E-state index contributed by atoms with van der Waals surface area (Å²) in [6.07, 6.45) is 8.98. The Morgan fingerprint density at radius 3 is 2.03 bits per heavy atom. The predicted molar refractivity (Wildman–Crippen MR) is 111 cm³/mol. The van der Waals surface area contributed by atoms with Gasteiger partial charge in [0, 0.05) is 36.2 Å². The number of carbonyl (C=O) groups excluding carboxylic acids is 2. The van der Waals surface area contributed by atoms with E-state index < -0.39 is 11.0 Å². The van der Waals surface area contributed by atoms with E-state index in [1.165, 1.54) is 43.5 Å². The molecule has 30 heavy (non-hydrogen) atoms. The first-order valence-electron chi connectivity index (χ1n) is 11.3. The number of nitrogens with zero attached hydrogens (tertiary/aromatic N) is 2. The molecule has 1 aromatic rings. The number of nitrogens with one attached hydrogen (secondary N) is 1. The number of nitro benzene ring substituents is 1. The molecular weight excluding hydrogens is 382 g/mol. The molecule has 7 nitrogen and oxygen atoms in total. The van der Waals surface area contributed by atoms with Crippen molar-refractivity contribution in [3.05, 3.63) is 39.9 Å². The molecule has 0 spiro atoms. The zero-order valence-electron chi connectivity index (χ0n) is 17.2. The van der Waals surface area contributed by atoms with E-state index in [1.54, 1.807) is 0 Å². The van der Waals surface area contributed by atoms with Crippen LogP contribution in [-0.4, -0.2) is 40.8 Å². The predicted octanol–water partition coefficient (Wildman–Crippen LogP) is 3.53. The maximum Gasteiger partial charge on any atom is 0.269 e. The number of hydrogen-bond donors (Lipinski definition) is 1. The molecule has 160 valence electrons. The second-order valence-corrected chi connectivity index (χ2v) is 10.0. The molecule has 7 heteroatoms. The average molecular weight is 412 g/mol. The Kier molecular flexibility index (Phi) is 4.79. The molecule has 4 aliphatic carbocycles. The highest BCUT2D eigenvalue weighted by Gasteiger charge is 2.57. The van der Waals surface area contributed by atoms with Crippen LogP contribution >= 0.6 is 0 Å². The third-order valence-electron chi connectivity index (χ3n) is 7.98. The molecule has 1 heterocycles. The van der Waals surface area contributed by atoms with Crippen molar-refractivity contribution < 1.29 is 14.5 Å². The lowest BCUT2D eigenvalue weighted by Gasteiger charge is -2.59. The fraction of sp³-hybridized carbons (Fsp3) is 0.652. The summed E-state index contributed by atoms with van der Waals surface area (Å²) in [5.41, 5.74) is 0.187. The summed E-state index contributed by atoms with van der Waals surface area (Å²) in [5.74, 6) is 1.81. The third kappa shape index (κ3) is 3.38. The Morgan fingerprint density at radius 2 is 1.53 bits per heavy atom. The van der Waals surface area contributed by atoms with Gasteiger partial charge < -0.3 is 10.2 Å². The highest BCUT2D eigenvalue weighted by molar-refractivity contribution is 5.98. The molecule has 0 aromatic heterocycles. The summed E-state index contributed by atoms with van der Waals surface area (Å²) in [5, 5.41) is 14.0. The van der Waals surface area contributed by atoms with Gasteiger partial charge in [0.2, 0.25) is 5.91 Å². The summed E-state index contributed by atoms with van der Waals surface area (Å²) in [7, 11) is 0. The van der Waals surface area contributed by atoms with Gasteiger partial charge in [-0.3, -0.25) is 19.7 Å². The standard InChI is InChI=1S/C23H29N3O4/c27-21(18-3-5-19(6-4-18)26(29)30)24-20(22(28)25-7-1-2-8-25)23-12-15-9-16(13-23)11-17(10-15)14-23/h3-6,15-17,20H,1-2,7-14H2,(H,24,27)/t15?,16?,17?,20-,23?/m1/s1. The molecule has 5 aliphatic rings. The molecule has 4 saturated carbocycles. The van der Waals surface area contributed by atoms with Crippen molar-refractivity contribution in [2.24, 2.45) is 23.2 Å².